The summed E-state index contributed by atoms with van der Waals surface area (Å²) in [6.45, 7) is 2.43. The first-order valence-corrected chi connectivity index (χ1v) is 8.56. The van der Waals surface area contributed by atoms with Crippen LogP contribution in [0.5, 0.6) is 5.75 Å². The number of rotatable bonds is 9. The molecule has 0 bridgehead atoms. The summed E-state index contributed by atoms with van der Waals surface area (Å²) < 4.78 is 5.39. The number of amides is 2. The van der Waals surface area contributed by atoms with Gasteiger partial charge in [0.25, 0.3) is 5.91 Å². The number of ether oxygens (including phenoxy) is 1. The second-order valence-electron chi connectivity index (χ2n) is 6.03. The van der Waals surface area contributed by atoms with Crippen molar-refractivity contribution in [3.05, 3.63) is 24.3 Å². The second kappa shape index (κ2) is 9.05. The van der Waals surface area contributed by atoms with Gasteiger partial charge in [0, 0.05) is 18.7 Å². The lowest BCUT2D eigenvalue weighted by Crippen LogP contribution is -2.42. The van der Waals surface area contributed by atoms with Crippen LogP contribution in [0.15, 0.2) is 24.3 Å². The molecule has 25 heavy (non-hydrogen) atoms. The molecule has 1 aliphatic heterocycles. The van der Waals surface area contributed by atoms with Gasteiger partial charge in [-0.1, -0.05) is 19.8 Å². The molecule has 0 aromatic heterocycles. The van der Waals surface area contributed by atoms with Crippen molar-refractivity contribution >= 4 is 23.5 Å². The highest BCUT2D eigenvalue weighted by molar-refractivity contribution is 5.95. The molecule has 1 atom stereocenters. The van der Waals surface area contributed by atoms with E-state index in [1.807, 2.05) is 6.92 Å². The van der Waals surface area contributed by atoms with Crippen LogP contribution in [-0.4, -0.2) is 42.1 Å². The van der Waals surface area contributed by atoms with E-state index in [1.54, 1.807) is 29.2 Å². The Labute approximate surface area is 147 Å². The molecule has 1 aliphatic rings. The van der Waals surface area contributed by atoms with E-state index in [0.29, 0.717) is 18.6 Å². The fourth-order valence-electron chi connectivity index (χ4n) is 2.69. The summed E-state index contributed by atoms with van der Waals surface area (Å²) >= 11 is 0. The Morgan fingerprint density at radius 3 is 2.60 bits per heavy atom. The van der Waals surface area contributed by atoms with Crippen LogP contribution in [0.4, 0.5) is 5.69 Å². The highest BCUT2D eigenvalue weighted by Gasteiger charge is 2.22. The van der Waals surface area contributed by atoms with Crippen molar-refractivity contribution in [2.45, 2.75) is 45.1 Å². The topological polar surface area (TPSA) is 95.9 Å². The predicted molar refractivity (Wildman–Crippen MR) is 92.6 cm³/mol. The lowest BCUT2D eigenvalue weighted by Gasteiger charge is -2.16. The number of carbonyl (C=O) groups excluding carboxylic acids is 2. The second-order valence-corrected chi connectivity index (χ2v) is 6.03. The molecule has 1 aromatic rings. The molecule has 0 aliphatic carbocycles. The molecule has 1 aromatic carbocycles. The Kier molecular flexibility index (Phi) is 6.80. The third-order valence-electron chi connectivity index (χ3n) is 4.07. The standard InChI is InChI=1S/C18H24N2O5/c1-2-3-5-15(18(23)24)19-16(21)12-25-14-9-7-13(8-10-14)20-11-4-6-17(20)22/h7-10,15H,2-6,11-12H2,1H3,(H,19,21)(H,23,24)/t15-/m0/s1. The molecule has 136 valence electrons. The first-order valence-electron chi connectivity index (χ1n) is 8.56. The minimum absolute atomic E-state index is 0.111. The summed E-state index contributed by atoms with van der Waals surface area (Å²) in [5.41, 5.74) is 0.810. The average Bonchev–Trinajstić information content (AvgIpc) is 3.03. The molecule has 2 amide bonds. The van der Waals surface area contributed by atoms with Crippen LogP contribution in [0.25, 0.3) is 0 Å². The van der Waals surface area contributed by atoms with Gasteiger partial charge in [-0.15, -0.1) is 0 Å². The van der Waals surface area contributed by atoms with E-state index >= 15 is 0 Å². The number of carbonyl (C=O) groups is 3. The molecule has 7 heteroatoms. The van der Waals surface area contributed by atoms with E-state index in [9.17, 15) is 14.4 Å². The third kappa shape index (κ3) is 5.48. The van der Waals surface area contributed by atoms with Crippen LogP contribution in [-0.2, 0) is 14.4 Å². The van der Waals surface area contributed by atoms with Gasteiger partial charge in [-0.2, -0.15) is 0 Å². The Bertz CT molecular complexity index is 614. The Morgan fingerprint density at radius 1 is 1.32 bits per heavy atom. The number of anilines is 1. The molecule has 2 rings (SSSR count). The summed E-state index contributed by atoms with van der Waals surface area (Å²) in [6.07, 6.45) is 3.42. The van der Waals surface area contributed by atoms with Gasteiger partial charge in [0.05, 0.1) is 0 Å². The highest BCUT2D eigenvalue weighted by atomic mass is 16.5. The quantitative estimate of drug-likeness (QED) is 0.711. The SMILES string of the molecule is CCCC[C@H](NC(=O)COc1ccc(N2CCCC2=O)cc1)C(=O)O. The third-order valence-corrected chi connectivity index (χ3v) is 4.07. The van der Waals surface area contributed by atoms with Crippen molar-refractivity contribution in [1.82, 2.24) is 5.32 Å². The van der Waals surface area contributed by atoms with Crippen molar-refractivity contribution in [2.24, 2.45) is 0 Å². The molecule has 0 spiro atoms. The van der Waals surface area contributed by atoms with Crippen molar-refractivity contribution < 1.29 is 24.2 Å². The zero-order valence-electron chi connectivity index (χ0n) is 14.4. The van der Waals surface area contributed by atoms with E-state index in [0.717, 1.165) is 31.5 Å². The molecule has 1 saturated heterocycles. The Hall–Kier alpha value is -2.57. The maximum atomic E-state index is 11.9. The van der Waals surface area contributed by atoms with Crippen LogP contribution < -0.4 is 15.0 Å². The van der Waals surface area contributed by atoms with Gasteiger partial charge in [-0.3, -0.25) is 9.59 Å². The average molecular weight is 348 g/mol. The lowest BCUT2D eigenvalue weighted by atomic mass is 10.1. The molecule has 0 radical (unpaired) electrons. The maximum Gasteiger partial charge on any atom is 0.326 e. The summed E-state index contributed by atoms with van der Waals surface area (Å²) in [7, 11) is 0. The van der Waals surface area contributed by atoms with Gasteiger partial charge in [-0.05, 0) is 37.1 Å². The Balaban J connectivity index is 1.82. The minimum atomic E-state index is -1.04. The molecule has 1 heterocycles. The van der Waals surface area contributed by atoms with Crippen LogP contribution in [0.1, 0.15) is 39.0 Å². The first kappa shape index (κ1) is 18.8. The van der Waals surface area contributed by atoms with E-state index in [1.165, 1.54) is 0 Å². The number of hydrogen-bond acceptors (Lipinski definition) is 4. The molecule has 0 saturated carbocycles. The molecule has 2 N–H and O–H groups in total. The van der Waals surface area contributed by atoms with Crippen molar-refractivity contribution in [3.63, 3.8) is 0 Å². The van der Waals surface area contributed by atoms with Gasteiger partial charge < -0.3 is 20.1 Å². The van der Waals surface area contributed by atoms with E-state index in [-0.39, 0.29) is 12.5 Å². The van der Waals surface area contributed by atoms with Gasteiger partial charge in [0.1, 0.15) is 11.8 Å². The monoisotopic (exact) mass is 348 g/mol. The van der Waals surface area contributed by atoms with Crippen molar-refractivity contribution in [1.29, 1.82) is 0 Å². The van der Waals surface area contributed by atoms with Gasteiger partial charge in [-0.25, -0.2) is 4.79 Å². The number of nitrogens with zero attached hydrogens (tertiary/aromatic N) is 1. The van der Waals surface area contributed by atoms with Gasteiger partial charge >= 0.3 is 5.97 Å². The number of hydrogen-bond donors (Lipinski definition) is 2. The minimum Gasteiger partial charge on any atom is -0.484 e. The molecule has 0 unspecified atom stereocenters. The van der Waals surface area contributed by atoms with E-state index in [4.69, 9.17) is 9.84 Å². The summed E-state index contributed by atoms with van der Waals surface area (Å²) in [5, 5.41) is 11.6. The maximum absolute atomic E-state index is 11.9. The van der Waals surface area contributed by atoms with Crippen molar-refractivity contribution in [2.75, 3.05) is 18.1 Å². The van der Waals surface area contributed by atoms with E-state index < -0.39 is 17.9 Å². The molecule has 1 fully saturated rings. The number of carboxylic acid groups (broad SMARTS) is 1. The molecular formula is C18H24N2O5. The van der Waals surface area contributed by atoms with Crippen molar-refractivity contribution in [3.8, 4) is 5.75 Å². The number of carboxylic acids is 1. The molecular weight excluding hydrogens is 324 g/mol. The normalized spacial score (nSPS) is 15.1. The Morgan fingerprint density at radius 2 is 2.04 bits per heavy atom. The zero-order chi connectivity index (χ0) is 18.2. The first-order chi connectivity index (χ1) is 12.0. The smallest absolute Gasteiger partial charge is 0.326 e. The van der Waals surface area contributed by atoms with Crippen LogP contribution in [0, 0.1) is 0 Å². The molecule has 7 nitrogen and oxygen atoms in total. The van der Waals surface area contributed by atoms with Crippen LogP contribution >= 0.6 is 0 Å². The summed E-state index contributed by atoms with van der Waals surface area (Å²) in [5.74, 6) is -0.908. The number of aliphatic carboxylic acids is 1. The lowest BCUT2D eigenvalue weighted by molar-refractivity contribution is -0.142. The van der Waals surface area contributed by atoms with Gasteiger partial charge in [0.2, 0.25) is 5.91 Å². The van der Waals surface area contributed by atoms with Gasteiger partial charge in [0.15, 0.2) is 6.61 Å². The summed E-state index contributed by atoms with van der Waals surface area (Å²) in [4.78, 5) is 36.4. The fraction of sp³-hybridized carbons (Fsp3) is 0.500. The fourth-order valence-corrected chi connectivity index (χ4v) is 2.69. The van der Waals surface area contributed by atoms with Crippen LogP contribution in [0.2, 0.25) is 0 Å². The van der Waals surface area contributed by atoms with Crippen LogP contribution in [0.3, 0.4) is 0 Å². The zero-order valence-corrected chi connectivity index (χ0v) is 14.4. The van der Waals surface area contributed by atoms with E-state index in [2.05, 4.69) is 5.32 Å². The number of benzene rings is 1. The summed E-state index contributed by atoms with van der Waals surface area (Å²) in [6, 6.07) is 6.05. The number of unbranched alkanes of at least 4 members (excludes halogenated alkanes) is 1. The highest BCUT2D eigenvalue weighted by Crippen LogP contribution is 2.23. The largest absolute Gasteiger partial charge is 0.484 e. The number of nitrogens with one attached hydrogen (secondary N) is 1. The predicted octanol–water partition coefficient (Wildman–Crippen LogP) is 1.95.